The molecule has 4 rings (SSSR count). The first-order valence-electron chi connectivity index (χ1n) is 11.7. The number of hydrogen-bond acceptors (Lipinski definition) is 8. The summed E-state index contributed by atoms with van der Waals surface area (Å²) in [6.45, 7) is 3.07. The summed E-state index contributed by atoms with van der Waals surface area (Å²) in [5.74, 6) is -1.45. The highest BCUT2D eigenvalue weighted by molar-refractivity contribution is 7.89. The maximum absolute atomic E-state index is 13.2. The standard InChI is InChI=1S/C26H27N7O6S/c1-26(2,24(36)33(3)25(29)37)13-9-16(15-11-14(40(30,38)39)5-7-20(15)34)21(35)17(10-13)23-31-18-6-4-12(22(27)28)8-19(18)32-23/h4-11,34-35H,1-3H3,(H3,27,28)(H2,29,37)(H,31,32)(H2,30,38,39). The van der Waals surface area contributed by atoms with E-state index >= 15 is 0 Å². The van der Waals surface area contributed by atoms with Crippen molar-refractivity contribution in [2.45, 2.75) is 24.2 Å². The number of nitrogens with zero attached hydrogens (tertiary/aromatic N) is 2. The number of primary sulfonamides is 1. The zero-order valence-electron chi connectivity index (χ0n) is 21.7. The van der Waals surface area contributed by atoms with E-state index in [0.29, 0.717) is 16.6 Å². The lowest BCUT2D eigenvalue weighted by molar-refractivity contribution is -0.132. The smallest absolute Gasteiger partial charge is 0.321 e. The van der Waals surface area contributed by atoms with Crippen molar-refractivity contribution in [2.24, 2.45) is 16.6 Å². The summed E-state index contributed by atoms with van der Waals surface area (Å²) in [5.41, 5.74) is 11.2. The Morgan fingerprint density at radius 3 is 2.25 bits per heavy atom. The fourth-order valence-electron chi connectivity index (χ4n) is 4.23. The van der Waals surface area contributed by atoms with E-state index in [1.807, 2.05) is 0 Å². The van der Waals surface area contributed by atoms with Crippen LogP contribution in [-0.4, -0.2) is 58.3 Å². The Balaban J connectivity index is 2.04. The van der Waals surface area contributed by atoms with Crippen LogP contribution in [-0.2, 0) is 20.2 Å². The van der Waals surface area contributed by atoms with E-state index in [9.17, 15) is 28.2 Å². The van der Waals surface area contributed by atoms with Gasteiger partial charge in [0, 0.05) is 23.7 Å². The van der Waals surface area contributed by atoms with E-state index in [-0.39, 0.29) is 44.6 Å². The zero-order chi connectivity index (χ0) is 29.7. The van der Waals surface area contributed by atoms with E-state index in [1.54, 1.807) is 18.2 Å². The van der Waals surface area contributed by atoms with Crippen LogP contribution in [0.5, 0.6) is 11.5 Å². The van der Waals surface area contributed by atoms with Crippen LogP contribution < -0.4 is 16.6 Å². The van der Waals surface area contributed by atoms with Crippen LogP contribution in [0.15, 0.2) is 53.4 Å². The molecule has 0 fully saturated rings. The third kappa shape index (κ3) is 4.92. The summed E-state index contributed by atoms with van der Waals surface area (Å²) >= 11 is 0. The molecule has 0 saturated carbocycles. The molecule has 0 bridgehead atoms. The van der Waals surface area contributed by atoms with Crippen molar-refractivity contribution in [3.05, 3.63) is 59.7 Å². The molecule has 40 heavy (non-hydrogen) atoms. The maximum atomic E-state index is 13.2. The van der Waals surface area contributed by atoms with Gasteiger partial charge in [-0.3, -0.25) is 15.1 Å². The number of aromatic hydroxyl groups is 2. The highest BCUT2D eigenvalue weighted by Crippen LogP contribution is 2.45. The van der Waals surface area contributed by atoms with E-state index in [1.165, 1.54) is 33.0 Å². The monoisotopic (exact) mass is 565 g/mol. The van der Waals surface area contributed by atoms with Crippen LogP contribution in [0.25, 0.3) is 33.5 Å². The average molecular weight is 566 g/mol. The van der Waals surface area contributed by atoms with E-state index in [2.05, 4.69) is 9.97 Å². The lowest BCUT2D eigenvalue weighted by Crippen LogP contribution is -2.46. The van der Waals surface area contributed by atoms with Gasteiger partial charge < -0.3 is 26.7 Å². The Morgan fingerprint density at radius 2 is 1.65 bits per heavy atom. The molecule has 10 N–H and O–H groups in total. The fraction of sp³-hybridized carbons (Fsp3) is 0.154. The number of fused-ring (bicyclic) bond motifs is 1. The molecule has 14 heteroatoms. The molecular weight excluding hydrogens is 538 g/mol. The summed E-state index contributed by atoms with van der Waals surface area (Å²) in [6.07, 6.45) is 0. The number of primary amides is 1. The quantitative estimate of drug-likeness (QED) is 0.134. The number of carbonyl (C=O) groups excluding carboxylic acids is 2. The molecular formula is C26H27N7O6S. The molecule has 4 aromatic rings. The first kappa shape index (κ1) is 28.1. The molecule has 0 atom stereocenters. The van der Waals surface area contributed by atoms with Crippen LogP contribution in [0.2, 0.25) is 0 Å². The van der Waals surface area contributed by atoms with Gasteiger partial charge in [-0.2, -0.15) is 0 Å². The number of amides is 3. The molecule has 3 amide bonds. The number of nitrogens with one attached hydrogen (secondary N) is 2. The molecule has 0 aliphatic carbocycles. The van der Waals surface area contributed by atoms with Gasteiger partial charge in [-0.25, -0.2) is 23.3 Å². The van der Waals surface area contributed by atoms with Crippen LogP contribution >= 0.6 is 0 Å². The summed E-state index contributed by atoms with van der Waals surface area (Å²) in [6, 6.07) is 10.1. The number of aromatic amines is 1. The number of imide groups is 1. The van der Waals surface area contributed by atoms with Gasteiger partial charge in [-0.05, 0) is 67.9 Å². The molecule has 13 nitrogen and oxygen atoms in total. The summed E-state index contributed by atoms with van der Waals surface area (Å²) < 4.78 is 24.1. The second-order valence-electron chi connectivity index (χ2n) is 9.70. The van der Waals surface area contributed by atoms with Crippen molar-refractivity contribution in [1.82, 2.24) is 14.9 Å². The van der Waals surface area contributed by atoms with Crippen LogP contribution in [0.3, 0.4) is 0 Å². The Morgan fingerprint density at radius 1 is 1.00 bits per heavy atom. The number of amidine groups is 1. The lowest BCUT2D eigenvalue weighted by Gasteiger charge is -2.29. The Kier molecular flexibility index (Phi) is 6.78. The minimum absolute atomic E-state index is 0.0389. The fourth-order valence-corrected chi connectivity index (χ4v) is 4.77. The SMILES string of the molecule is CN(C(N)=O)C(=O)C(C)(C)c1cc(-c2nc3cc(C(=N)N)ccc3[nH]2)c(O)c(-c2cc(S(N)(=O)=O)ccc2O)c1. The number of benzene rings is 3. The highest BCUT2D eigenvalue weighted by Gasteiger charge is 2.36. The molecule has 208 valence electrons. The minimum Gasteiger partial charge on any atom is -0.507 e. The van der Waals surface area contributed by atoms with Crippen molar-refractivity contribution in [3.63, 3.8) is 0 Å². The number of phenols is 2. The molecule has 0 spiro atoms. The molecule has 0 radical (unpaired) electrons. The molecule has 1 aromatic heterocycles. The second kappa shape index (κ2) is 9.66. The highest BCUT2D eigenvalue weighted by atomic mass is 32.2. The number of rotatable bonds is 6. The van der Waals surface area contributed by atoms with Gasteiger partial charge in [0.25, 0.3) is 0 Å². The van der Waals surface area contributed by atoms with Crippen molar-refractivity contribution < 1.29 is 28.2 Å². The molecule has 1 heterocycles. The summed E-state index contributed by atoms with van der Waals surface area (Å²) in [7, 11) is -2.95. The number of aromatic nitrogens is 2. The Labute approximate surface area is 228 Å². The Hall–Kier alpha value is -4.95. The normalized spacial score (nSPS) is 11.9. The largest absolute Gasteiger partial charge is 0.507 e. The average Bonchev–Trinajstić information content (AvgIpc) is 3.30. The maximum Gasteiger partial charge on any atom is 0.321 e. The molecule has 0 aliphatic heterocycles. The Bertz CT molecular complexity index is 1830. The van der Waals surface area contributed by atoms with Crippen LogP contribution in [0.1, 0.15) is 25.0 Å². The minimum atomic E-state index is -4.18. The van der Waals surface area contributed by atoms with Crippen LogP contribution in [0.4, 0.5) is 4.79 Å². The van der Waals surface area contributed by atoms with Gasteiger partial charge in [-0.15, -0.1) is 0 Å². The van der Waals surface area contributed by atoms with Gasteiger partial charge in [-0.1, -0.05) is 0 Å². The number of phenolic OH excluding ortho intramolecular Hbond substituents is 2. The number of nitrogen functional groups attached to an aromatic ring is 1. The number of H-pyrrole nitrogens is 1. The van der Waals surface area contributed by atoms with E-state index in [4.69, 9.17) is 22.0 Å². The summed E-state index contributed by atoms with van der Waals surface area (Å²) in [5, 5.41) is 35.1. The van der Waals surface area contributed by atoms with Gasteiger partial charge in [0.15, 0.2) is 0 Å². The van der Waals surface area contributed by atoms with Gasteiger partial charge in [0.2, 0.25) is 15.9 Å². The number of imidazole rings is 1. The molecule has 0 aliphatic rings. The second-order valence-corrected chi connectivity index (χ2v) is 11.3. The zero-order valence-corrected chi connectivity index (χ0v) is 22.5. The van der Waals surface area contributed by atoms with Crippen molar-refractivity contribution in [2.75, 3.05) is 7.05 Å². The third-order valence-electron chi connectivity index (χ3n) is 6.64. The van der Waals surface area contributed by atoms with Gasteiger partial charge in [0.1, 0.15) is 23.2 Å². The number of hydrogen-bond donors (Lipinski definition) is 7. The topological polar surface area (TPSA) is 243 Å². The third-order valence-corrected chi connectivity index (χ3v) is 7.55. The van der Waals surface area contributed by atoms with Crippen molar-refractivity contribution in [3.8, 4) is 34.0 Å². The number of urea groups is 1. The number of nitrogens with two attached hydrogens (primary N) is 3. The molecule has 3 aromatic carbocycles. The first-order chi connectivity index (χ1) is 18.5. The molecule has 0 saturated heterocycles. The predicted molar refractivity (Wildman–Crippen MR) is 148 cm³/mol. The number of carbonyl (C=O) groups is 2. The van der Waals surface area contributed by atoms with E-state index in [0.717, 1.165) is 23.1 Å². The summed E-state index contributed by atoms with van der Waals surface area (Å²) in [4.78, 5) is 33.0. The van der Waals surface area contributed by atoms with Gasteiger partial charge >= 0.3 is 6.03 Å². The van der Waals surface area contributed by atoms with Crippen molar-refractivity contribution >= 4 is 38.8 Å². The number of likely N-dealkylation sites (N-methyl/N-ethyl adjacent to an activating group) is 1. The lowest BCUT2D eigenvalue weighted by atomic mass is 9.80. The van der Waals surface area contributed by atoms with E-state index < -0.39 is 33.1 Å². The molecule has 0 unspecified atom stereocenters. The first-order valence-corrected chi connectivity index (χ1v) is 13.2. The van der Waals surface area contributed by atoms with Crippen LogP contribution in [0, 0.1) is 5.41 Å². The predicted octanol–water partition coefficient (Wildman–Crippen LogP) is 2.05. The van der Waals surface area contributed by atoms with Gasteiger partial charge in [0.05, 0.1) is 26.9 Å². The van der Waals surface area contributed by atoms with Crippen molar-refractivity contribution in [1.29, 1.82) is 5.41 Å². The number of sulfonamides is 1.